The van der Waals surface area contributed by atoms with Crippen molar-refractivity contribution in [2.75, 3.05) is 6.54 Å². The second kappa shape index (κ2) is 5.67. The third-order valence-corrected chi connectivity index (χ3v) is 3.34. The number of halogens is 2. The molecule has 0 aliphatic carbocycles. The van der Waals surface area contributed by atoms with Crippen LogP contribution in [-0.4, -0.2) is 6.54 Å². The van der Waals surface area contributed by atoms with Gasteiger partial charge < -0.3 is 9.73 Å². The Labute approximate surface area is 114 Å². The van der Waals surface area contributed by atoms with Crippen LogP contribution in [0.3, 0.4) is 0 Å². The first kappa shape index (κ1) is 13.3. The number of hydrogen-bond donors (Lipinski definition) is 1. The maximum atomic E-state index is 13.3. The van der Waals surface area contributed by atoms with Crippen LogP contribution >= 0.6 is 15.9 Å². The summed E-state index contributed by atoms with van der Waals surface area (Å²) in [4.78, 5) is 0. The molecule has 18 heavy (non-hydrogen) atoms. The minimum atomic E-state index is -0.260. The molecule has 0 saturated carbocycles. The predicted octanol–water partition coefficient (Wildman–Crippen LogP) is 4.19. The third-order valence-electron chi connectivity index (χ3n) is 2.73. The van der Waals surface area contributed by atoms with Crippen molar-refractivity contribution >= 4 is 15.9 Å². The van der Waals surface area contributed by atoms with E-state index in [9.17, 15) is 4.39 Å². The molecule has 1 unspecified atom stereocenters. The van der Waals surface area contributed by atoms with Gasteiger partial charge in [0.2, 0.25) is 0 Å². The van der Waals surface area contributed by atoms with Crippen LogP contribution in [0.25, 0.3) is 0 Å². The Hall–Kier alpha value is -1.13. The molecule has 0 aliphatic heterocycles. The second-order valence-corrected chi connectivity index (χ2v) is 4.97. The second-order valence-electron chi connectivity index (χ2n) is 4.11. The highest BCUT2D eigenvalue weighted by Crippen LogP contribution is 2.27. The maximum absolute atomic E-state index is 13.3. The van der Waals surface area contributed by atoms with Crippen molar-refractivity contribution in [1.29, 1.82) is 0 Å². The van der Waals surface area contributed by atoms with Gasteiger partial charge >= 0.3 is 0 Å². The summed E-state index contributed by atoms with van der Waals surface area (Å²) < 4.78 is 19.4. The van der Waals surface area contributed by atoms with Crippen LogP contribution in [0.2, 0.25) is 0 Å². The molecule has 0 bridgehead atoms. The fourth-order valence-electron chi connectivity index (χ4n) is 1.89. The van der Waals surface area contributed by atoms with Crippen LogP contribution in [-0.2, 0) is 0 Å². The normalized spacial score (nSPS) is 12.7. The fourth-order valence-corrected chi connectivity index (χ4v) is 2.28. The Balaban J connectivity index is 2.37. The van der Waals surface area contributed by atoms with Crippen molar-refractivity contribution in [2.45, 2.75) is 19.9 Å². The van der Waals surface area contributed by atoms with Gasteiger partial charge in [-0.15, -0.1) is 0 Å². The van der Waals surface area contributed by atoms with Crippen LogP contribution in [0.15, 0.2) is 39.2 Å². The summed E-state index contributed by atoms with van der Waals surface area (Å²) in [7, 11) is 0. The molecule has 1 aromatic carbocycles. The Morgan fingerprint density at radius 2 is 2.11 bits per heavy atom. The number of rotatable bonds is 4. The van der Waals surface area contributed by atoms with E-state index in [1.807, 2.05) is 26.0 Å². The van der Waals surface area contributed by atoms with E-state index >= 15 is 0 Å². The number of furan rings is 1. The highest BCUT2D eigenvalue weighted by atomic mass is 79.9. The van der Waals surface area contributed by atoms with Crippen molar-refractivity contribution < 1.29 is 8.81 Å². The van der Waals surface area contributed by atoms with E-state index in [-0.39, 0.29) is 11.9 Å². The zero-order valence-electron chi connectivity index (χ0n) is 10.3. The topological polar surface area (TPSA) is 25.2 Å². The monoisotopic (exact) mass is 311 g/mol. The standard InChI is InChI=1S/C14H15BrFNO/c1-3-17-14(13-7-4-9(2)18-13)10-5-6-12(16)11(15)8-10/h4-8,14,17H,3H2,1-2H3. The van der Waals surface area contributed by atoms with Gasteiger partial charge in [-0.2, -0.15) is 0 Å². The molecule has 1 atom stereocenters. The molecule has 0 amide bonds. The zero-order chi connectivity index (χ0) is 13.1. The molecule has 2 rings (SSSR count). The van der Waals surface area contributed by atoms with Crippen LogP contribution in [0.4, 0.5) is 4.39 Å². The Morgan fingerprint density at radius 1 is 1.33 bits per heavy atom. The SMILES string of the molecule is CCNC(c1ccc(F)c(Br)c1)c1ccc(C)o1. The summed E-state index contributed by atoms with van der Waals surface area (Å²) in [6.07, 6.45) is 0. The third kappa shape index (κ3) is 2.82. The summed E-state index contributed by atoms with van der Waals surface area (Å²) >= 11 is 3.21. The van der Waals surface area contributed by atoms with Gasteiger partial charge in [-0.3, -0.25) is 0 Å². The van der Waals surface area contributed by atoms with Gasteiger partial charge in [-0.05, 0) is 59.2 Å². The lowest BCUT2D eigenvalue weighted by Crippen LogP contribution is -2.21. The summed E-state index contributed by atoms with van der Waals surface area (Å²) in [5.41, 5.74) is 0.972. The van der Waals surface area contributed by atoms with Crippen molar-refractivity contribution in [3.63, 3.8) is 0 Å². The van der Waals surface area contributed by atoms with E-state index < -0.39 is 0 Å². The minimum Gasteiger partial charge on any atom is -0.464 e. The van der Waals surface area contributed by atoms with Gasteiger partial charge in [0.1, 0.15) is 17.3 Å². The maximum Gasteiger partial charge on any atom is 0.137 e. The zero-order valence-corrected chi connectivity index (χ0v) is 11.9. The molecular weight excluding hydrogens is 297 g/mol. The van der Waals surface area contributed by atoms with Gasteiger partial charge in [0.25, 0.3) is 0 Å². The summed E-state index contributed by atoms with van der Waals surface area (Å²) in [5, 5.41) is 3.34. The molecule has 1 heterocycles. The van der Waals surface area contributed by atoms with E-state index in [0.717, 1.165) is 23.6 Å². The van der Waals surface area contributed by atoms with Crippen LogP contribution in [0.5, 0.6) is 0 Å². The largest absolute Gasteiger partial charge is 0.464 e. The summed E-state index contributed by atoms with van der Waals surface area (Å²) in [6, 6.07) is 8.82. The molecular formula is C14H15BrFNO. The lowest BCUT2D eigenvalue weighted by Gasteiger charge is -2.16. The minimum absolute atomic E-state index is 0.0550. The molecule has 0 fully saturated rings. The van der Waals surface area contributed by atoms with Crippen molar-refractivity contribution in [1.82, 2.24) is 5.32 Å². The van der Waals surface area contributed by atoms with E-state index in [2.05, 4.69) is 21.2 Å². The van der Waals surface area contributed by atoms with Gasteiger partial charge in [0, 0.05) is 0 Å². The molecule has 0 saturated heterocycles. The van der Waals surface area contributed by atoms with Crippen molar-refractivity contribution in [2.24, 2.45) is 0 Å². The quantitative estimate of drug-likeness (QED) is 0.916. The molecule has 2 aromatic rings. The number of benzene rings is 1. The average molecular weight is 312 g/mol. The molecule has 1 N–H and O–H groups in total. The van der Waals surface area contributed by atoms with Gasteiger partial charge in [-0.25, -0.2) is 4.39 Å². The predicted molar refractivity (Wildman–Crippen MR) is 73.1 cm³/mol. The smallest absolute Gasteiger partial charge is 0.137 e. The molecule has 4 heteroatoms. The molecule has 0 radical (unpaired) electrons. The number of hydrogen-bond acceptors (Lipinski definition) is 2. The van der Waals surface area contributed by atoms with Crippen LogP contribution < -0.4 is 5.32 Å². The van der Waals surface area contributed by atoms with Crippen LogP contribution in [0.1, 0.15) is 30.0 Å². The molecule has 0 aliphatic rings. The van der Waals surface area contributed by atoms with Crippen molar-refractivity contribution in [3.8, 4) is 0 Å². The molecule has 0 spiro atoms. The number of aryl methyl sites for hydroxylation is 1. The van der Waals surface area contributed by atoms with E-state index in [4.69, 9.17) is 4.42 Å². The van der Waals surface area contributed by atoms with E-state index in [1.165, 1.54) is 6.07 Å². The highest BCUT2D eigenvalue weighted by Gasteiger charge is 2.17. The molecule has 1 aromatic heterocycles. The Kier molecular flexibility index (Phi) is 4.19. The summed E-state index contributed by atoms with van der Waals surface area (Å²) in [6.45, 7) is 4.74. The van der Waals surface area contributed by atoms with Gasteiger partial charge in [0.05, 0.1) is 10.5 Å². The average Bonchev–Trinajstić information content (AvgIpc) is 2.76. The fraction of sp³-hybridized carbons (Fsp3) is 0.286. The molecule has 96 valence electrons. The summed E-state index contributed by atoms with van der Waals surface area (Å²) in [5.74, 6) is 1.45. The Morgan fingerprint density at radius 3 is 2.67 bits per heavy atom. The van der Waals surface area contributed by atoms with Crippen molar-refractivity contribution in [3.05, 3.63) is 57.7 Å². The lowest BCUT2D eigenvalue weighted by atomic mass is 10.0. The first-order chi connectivity index (χ1) is 8.61. The highest BCUT2D eigenvalue weighted by molar-refractivity contribution is 9.10. The lowest BCUT2D eigenvalue weighted by molar-refractivity contribution is 0.434. The molecule has 2 nitrogen and oxygen atoms in total. The van der Waals surface area contributed by atoms with Gasteiger partial charge in [-0.1, -0.05) is 13.0 Å². The first-order valence-corrected chi connectivity index (χ1v) is 6.65. The van der Waals surface area contributed by atoms with E-state index in [1.54, 1.807) is 12.1 Å². The van der Waals surface area contributed by atoms with Gasteiger partial charge in [0.15, 0.2) is 0 Å². The Bertz CT molecular complexity index is 538. The van der Waals surface area contributed by atoms with Crippen LogP contribution in [0, 0.1) is 12.7 Å². The first-order valence-electron chi connectivity index (χ1n) is 5.86. The number of nitrogens with one attached hydrogen (secondary N) is 1. The van der Waals surface area contributed by atoms with E-state index in [0.29, 0.717) is 4.47 Å².